The van der Waals surface area contributed by atoms with Gasteiger partial charge in [-0.15, -0.1) is 11.3 Å². The van der Waals surface area contributed by atoms with Gasteiger partial charge < -0.3 is 18.6 Å². The lowest BCUT2D eigenvalue weighted by molar-refractivity contribution is 0.0528. The highest BCUT2D eigenvalue weighted by Crippen LogP contribution is 2.36. The van der Waals surface area contributed by atoms with Gasteiger partial charge in [0.2, 0.25) is 0 Å². The molecule has 7 heteroatoms. The van der Waals surface area contributed by atoms with E-state index in [1.807, 2.05) is 0 Å². The molecular formula is C23H18O6S. The van der Waals surface area contributed by atoms with E-state index >= 15 is 0 Å². The second-order valence-electron chi connectivity index (χ2n) is 6.28. The van der Waals surface area contributed by atoms with E-state index in [4.69, 9.17) is 18.6 Å². The highest BCUT2D eigenvalue weighted by molar-refractivity contribution is 7.12. The van der Waals surface area contributed by atoms with Gasteiger partial charge in [-0.25, -0.2) is 9.59 Å². The van der Waals surface area contributed by atoms with Gasteiger partial charge in [0.1, 0.15) is 33.3 Å². The quantitative estimate of drug-likeness (QED) is 0.299. The fourth-order valence-electron chi connectivity index (χ4n) is 3.04. The number of thiophene rings is 1. The molecule has 152 valence electrons. The third-order valence-electron chi connectivity index (χ3n) is 4.42. The molecule has 30 heavy (non-hydrogen) atoms. The molecule has 0 atom stereocenters. The Kier molecular flexibility index (Phi) is 5.54. The van der Waals surface area contributed by atoms with Crippen molar-refractivity contribution in [1.29, 1.82) is 0 Å². The number of hydrogen-bond acceptors (Lipinski definition) is 7. The van der Waals surface area contributed by atoms with Crippen LogP contribution in [0.4, 0.5) is 0 Å². The Bertz CT molecular complexity index is 1190. The second-order valence-corrected chi connectivity index (χ2v) is 7.23. The fraction of sp³-hybridized carbons (Fsp3) is 0.130. The minimum absolute atomic E-state index is 0.223. The summed E-state index contributed by atoms with van der Waals surface area (Å²) in [6.07, 6.45) is 0. The van der Waals surface area contributed by atoms with Crippen molar-refractivity contribution in [3.8, 4) is 22.8 Å². The maximum Gasteiger partial charge on any atom is 0.353 e. The number of ether oxygens (including phenoxy) is 3. The Hall–Kier alpha value is -3.58. The number of carbonyl (C=O) groups excluding carboxylic acids is 2. The van der Waals surface area contributed by atoms with Gasteiger partial charge in [0, 0.05) is 10.9 Å². The lowest BCUT2D eigenvalue weighted by Gasteiger charge is -2.05. The van der Waals surface area contributed by atoms with Crippen molar-refractivity contribution in [2.24, 2.45) is 0 Å². The summed E-state index contributed by atoms with van der Waals surface area (Å²) < 4.78 is 21.9. The Morgan fingerprint density at radius 3 is 2.43 bits per heavy atom. The third-order valence-corrected chi connectivity index (χ3v) is 5.27. The van der Waals surface area contributed by atoms with E-state index in [2.05, 4.69) is 0 Å². The van der Waals surface area contributed by atoms with E-state index in [1.165, 1.54) is 11.3 Å². The van der Waals surface area contributed by atoms with Crippen molar-refractivity contribution in [3.05, 3.63) is 70.4 Å². The first kappa shape index (κ1) is 19.7. The standard InChI is InChI=1S/C23H18O6S/c1-3-27-23(25)20-17-13-16(28-22(24)19-5-4-12-30-19)10-11-18(17)29-21(20)14-6-8-15(26-2)9-7-14/h4-13H,3H2,1-2H3. The molecule has 0 radical (unpaired) electrons. The minimum Gasteiger partial charge on any atom is -0.497 e. The zero-order valence-corrected chi connectivity index (χ0v) is 17.2. The number of hydrogen-bond donors (Lipinski definition) is 0. The predicted octanol–water partition coefficient (Wildman–Crippen LogP) is 5.57. The monoisotopic (exact) mass is 422 g/mol. The van der Waals surface area contributed by atoms with Gasteiger partial charge in [-0.2, -0.15) is 0 Å². The van der Waals surface area contributed by atoms with E-state index in [1.54, 1.807) is 74.0 Å². The molecule has 0 amide bonds. The molecule has 0 saturated heterocycles. The van der Waals surface area contributed by atoms with E-state index in [0.29, 0.717) is 38.7 Å². The van der Waals surface area contributed by atoms with Crippen molar-refractivity contribution in [2.75, 3.05) is 13.7 Å². The van der Waals surface area contributed by atoms with Crippen LogP contribution in [0.15, 0.2) is 64.4 Å². The number of esters is 2. The Morgan fingerprint density at radius 1 is 1.00 bits per heavy atom. The number of fused-ring (bicyclic) bond motifs is 1. The van der Waals surface area contributed by atoms with Crippen LogP contribution in [0, 0.1) is 0 Å². The molecule has 0 unspecified atom stereocenters. The SMILES string of the molecule is CCOC(=O)c1c(-c2ccc(OC)cc2)oc2ccc(OC(=O)c3cccs3)cc12. The predicted molar refractivity (Wildman–Crippen MR) is 113 cm³/mol. The molecule has 6 nitrogen and oxygen atoms in total. The molecule has 0 N–H and O–H groups in total. The van der Waals surface area contributed by atoms with E-state index in [0.717, 1.165) is 0 Å². The highest BCUT2D eigenvalue weighted by atomic mass is 32.1. The molecule has 0 aliphatic carbocycles. The van der Waals surface area contributed by atoms with Crippen molar-refractivity contribution in [2.45, 2.75) is 6.92 Å². The number of benzene rings is 2. The van der Waals surface area contributed by atoms with Crippen molar-refractivity contribution >= 4 is 34.2 Å². The lowest BCUT2D eigenvalue weighted by Crippen LogP contribution is -2.07. The summed E-state index contributed by atoms with van der Waals surface area (Å²) in [5.74, 6) is 0.418. The normalized spacial score (nSPS) is 10.7. The number of furan rings is 1. The maximum atomic E-state index is 12.7. The number of methoxy groups -OCH3 is 1. The average molecular weight is 422 g/mol. The van der Waals surface area contributed by atoms with Crippen LogP contribution in [0.1, 0.15) is 27.0 Å². The van der Waals surface area contributed by atoms with Gasteiger partial charge in [-0.3, -0.25) is 0 Å². The van der Waals surface area contributed by atoms with Gasteiger partial charge in [0.25, 0.3) is 0 Å². The van der Waals surface area contributed by atoms with Crippen LogP contribution in [0.2, 0.25) is 0 Å². The van der Waals surface area contributed by atoms with Gasteiger partial charge >= 0.3 is 11.9 Å². The molecule has 4 rings (SSSR count). The Labute approximate surface area is 176 Å². The summed E-state index contributed by atoms with van der Waals surface area (Å²) in [4.78, 5) is 25.5. The lowest BCUT2D eigenvalue weighted by atomic mass is 10.1. The van der Waals surface area contributed by atoms with Crippen LogP contribution in [0.25, 0.3) is 22.3 Å². The van der Waals surface area contributed by atoms with Crippen LogP contribution < -0.4 is 9.47 Å². The summed E-state index contributed by atoms with van der Waals surface area (Å²) >= 11 is 1.30. The van der Waals surface area contributed by atoms with Crippen molar-refractivity contribution in [3.63, 3.8) is 0 Å². The molecular weight excluding hydrogens is 404 g/mol. The average Bonchev–Trinajstić information content (AvgIpc) is 3.42. The number of carbonyl (C=O) groups is 2. The molecule has 0 spiro atoms. The highest BCUT2D eigenvalue weighted by Gasteiger charge is 2.24. The molecule has 0 saturated carbocycles. The summed E-state index contributed by atoms with van der Waals surface area (Å²) in [5, 5.41) is 2.31. The Morgan fingerprint density at radius 2 is 1.77 bits per heavy atom. The number of rotatable bonds is 6. The van der Waals surface area contributed by atoms with Gasteiger partial charge in [0.05, 0.1) is 13.7 Å². The zero-order chi connectivity index (χ0) is 21.1. The summed E-state index contributed by atoms with van der Waals surface area (Å²) in [6.45, 7) is 1.96. The van der Waals surface area contributed by atoms with Gasteiger partial charge in [-0.05, 0) is 60.8 Å². The molecule has 0 bridgehead atoms. The van der Waals surface area contributed by atoms with Crippen LogP contribution in [-0.4, -0.2) is 25.7 Å². The smallest absolute Gasteiger partial charge is 0.353 e. The fourth-order valence-corrected chi connectivity index (χ4v) is 3.64. The first-order chi connectivity index (χ1) is 14.6. The van der Waals surface area contributed by atoms with Crippen LogP contribution in [-0.2, 0) is 4.74 Å². The molecule has 0 fully saturated rings. The van der Waals surface area contributed by atoms with Gasteiger partial charge in [-0.1, -0.05) is 6.07 Å². The van der Waals surface area contributed by atoms with E-state index < -0.39 is 11.9 Å². The largest absolute Gasteiger partial charge is 0.497 e. The molecule has 0 aliphatic heterocycles. The maximum absolute atomic E-state index is 12.7. The van der Waals surface area contributed by atoms with Crippen molar-refractivity contribution < 1.29 is 28.2 Å². The molecule has 4 aromatic rings. The summed E-state index contributed by atoms with van der Waals surface area (Å²) in [7, 11) is 1.58. The molecule has 0 aliphatic rings. The summed E-state index contributed by atoms with van der Waals surface area (Å²) in [5.41, 5.74) is 1.47. The zero-order valence-electron chi connectivity index (χ0n) is 16.3. The molecule has 2 heterocycles. The van der Waals surface area contributed by atoms with Crippen molar-refractivity contribution in [1.82, 2.24) is 0 Å². The van der Waals surface area contributed by atoms with Crippen LogP contribution in [0.5, 0.6) is 11.5 Å². The van der Waals surface area contributed by atoms with Gasteiger partial charge in [0.15, 0.2) is 0 Å². The van der Waals surface area contributed by atoms with Crippen LogP contribution >= 0.6 is 11.3 Å². The first-order valence-corrected chi connectivity index (χ1v) is 10.1. The minimum atomic E-state index is -0.510. The van der Waals surface area contributed by atoms with Crippen LogP contribution in [0.3, 0.4) is 0 Å². The second kappa shape index (κ2) is 8.42. The molecule has 2 aromatic carbocycles. The van der Waals surface area contributed by atoms with E-state index in [-0.39, 0.29) is 12.2 Å². The molecule has 2 aromatic heterocycles. The summed E-state index contributed by atoms with van der Waals surface area (Å²) in [6, 6.07) is 15.6. The topological polar surface area (TPSA) is 75.0 Å². The first-order valence-electron chi connectivity index (χ1n) is 9.24. The van der Waals surface area contributed by atoms with E-state index in [9.17, 15) is 9.59 Å². The third kappa shape index (κ3) is 3.79. The Balaban J connectivity index is 1.78.